The summed E-state index contributed by atoms with van der Waals surface area (Å²) < 4.78 is 45.1. The van der Waals surface area contributed by atoms with Gasteiger partial charge < -0.3 is 9.84 Å². The largest absolute Gasteiger partial charge is 0.481 e. The molecule has 0 amide bonds. The van der Waals surface area contributed by atoms with Crippen LogP contribution in [0, 0.1) is 23.4 Å². The molecule has 22 heavy (non-hydrogen) atoms. The number of benzene rings is 1. The van der Waals surface area contributed by atoms with Gasteiger partial charge in [-0.25, -0.2) is 13.2 Å². The van der Waals surface area contributed by atoms with E-state index in [4.69, 9.17) is 21.4 Å². The van der Waals surface area contributed by atoms with Gasteiger partial charge in [-0.1, -0.05) is 11.6 Å². The fourth-order valence-electron chi connectivity index (χ4n) is 1.84. The maximum atomic E-state index is 13.8. The van der Waals surface area contributed by atoms with Crippen molar-refractivity contribution >= 4 is 23.4 Å². The summed E-state index contributed by atoms with van der Waals surface area (Å²) in [7, 11) is 0. The van der Waals surface area contributed by atoms with Crippen LogP contribution in [-0.4, -0.2) is 30.1 Å². The Hall–Kier alpha value is -1.60. The van der Waals surface area contributed by atoms with Crippen LogP contribution in [0.1, 0.15) is 30.1 Å². The molecule has 0 heterocycles. The van der Waals surface area contributed by atoms with E-state index in [-0.39, 0.29) is 19.4 Å². The Bertz CT molecular complexity index is 578. The molecule has 0 saturated heterocycles. The number of hydrogen-bond donors (Lipinski definition) is 1. The molecule has 1 aromatic carbocycles. The van der Waals surface area contributed by atoms with Crippen molar-refractivity contribution in [2.24, 2.45) is 5.92 Å². The number of Topliss-reactive ketones (excluding diaryl/α,β-unsaturated/α-hetero) is 1. The molecule has 0 radical (unpaired) electrons. The van der Waals surface area contributed by atoms with Gasteiger partial charge in [0, 0.05) is 13.2 Å². The van der Waals surface area contributed by atoms with Crippen molar-refractivity contribution in [3.63, 3.8) is 0 Å². The number of rotatable bonds is 8. The molecule has 8 heteroatoms. The SMILES string of the molecule is CCOCCCC(C(=O)O)C(=O)c1cc(F)c(F)c(Cl)c1F. The fourth-order valence-corrected chi connectivity index (χ4v) is 2.03. The van der Waals surface area contributed by atoms with Crippen LogP contribution in [0.2, 0.25) is 5.02 Å². The Labute approximate surface area is 129 Å². The zero-order valence-electron chi connectivity index (χ0n) is 11.7. The highest BCUT2D eigenvalue weighted by Gasteiger charge is 2.31. The van der Waals surface area contributed by atoms with Crippen molar-refractivity contribution in [1.82, 2.24) is 0 Å². The van der Waals surface area contributed by atoms with Crippen molar-refractivity contribution in [3.8, 4) is 0 Å². The van der Waals surface area contributed by atoms with Gasteiger partial charge in [-0.05, 0) is 25.8 Å². The monoisotopic (exact) mass is 338 g/mol. The molecule has 1 unspecified atom stereocenters. The van der Waals surface area contributed by atoms with Crippen molar-refractivity contribution in [3.05, 3.63) is 34.1 Å². The summed E-state index contributed by atoms with van der Waals surface area (Å²) in [6, 6.07) is 0.317. The molecular formula is C14H14ClF3O4. The number of ether oxygens (including phenoxy) is 1. The molecule has 0 bridgehead atoms. The molecule has 0 saturated carbocycles. The first-order chi connectivity index (χ1) is 10.3. The molecule has 0 spiro atoms. The summed E-state index contributed by atoms with van der Waals surface area (Å²) >= 11 is 5.25. The van der Waals surface area contributed by atoms with Gasteiger partial charge in [-0.3, -0.25) is 9.59 Å². The molecule has 1 rings (SSSR count). The van der Waals surface area contributed by atoms with Crippen LogP contribution in [0.25, 0.3) is 0 Å². The lowest BCUT2D eigenvalue weighted by atomic mass is 9.93. The average Bonchev–Trinajstić information content (AvgIpc) is 2.47. The van der Waals surface area contributed by atoms with Crippen LogP contribution in [0.15, 0.2) is 6.07 Å². The van der Waals surface area contributed by atoms with Gasteiger partial charge in [0.05, 0.1) is 5.56 Å². The zero-order valence-corrected chi connectivity index (χ0v) is 12.4. The van der Waals surface area contributed by atoms with Gasteiger partial charge in [0.25, 0.3) is 0 Å². The summed E-state index contributed by atoms with van der Waals surface area (Å²) in [5.74, 6) is -8.85. The first kappa shape index (κ1) is 18.4. The number of carboxylic acids is 1. The van der Waals surface area contributed by atoms with Crippen molar-refractivity contribution < 1.29 is 32.6 Å². The third-order valence-corrected chi connectivity index (χ3v) is 3.30. The van der Waals surface area contributed by atoms with E-state index < -0.39 is 45.7 Å². The fraction of sp³-hybridized carbons (Fsp3) is 0.429. The van der Waals surface area contributed by atoms with Gasteiger partial charge in [0.15, 0.2) is 23.2 Å². The van der Waals surface area contributed by atoms with E-state index >= 15 is 0 Å². The number of hydrogen-bond acceptors (Lipinski definition) is 3. The summed E-state index contributed by atoms with van der Waals surface area (Å²) in [5, 5.41) is 7.88. The number of halogens is 4. The molecule has 0 aliphatic carbocycles. The predicted molar refractivity (Wildman–Crippen MR) is 72.5 cm³/mol. The Morgan fingerprint density at radius 1 is 1.32 bits per heavy atom. The molecule has 0 fully saturated rings. The maximum Gasteiger partial charge on any atom is 0.314 e. The van der Waals surface area contributed by atoms with Crippen molar-refractivity contribution in [2.75, 3.05) is 13.2 Å². The summed E-state index contributed by atoms with van der Waals surface area (Å²) in [6.45, 7) is 2.41. The van der Waals surface area contributed by atoms with Gasteiger partial charge in [-0.15, -0.1) is 0 Å². The van der Waals surface area contributed by atoms with Crippen LogP contribution in [-0.2, 0) is 9.53 Å². The molecule has 0 aliphatic heterocycles. The standard InChI is InChI=1S/C14H14ClF3O4/c1-2-22-5-3-4-7(14(20)21)13(19)8-6-9(16)12(18)10(15)11(8)17/h6-7H,2-5H2,1H3,(H,20,21). The van der Waals surface area contributed by atoms with Crippen LogP contribution < -0.4 is 0 Å². The van der Waals surface area contributed by atoms with Crippen LogP contribution in [0.5, 0.6) is 0 Å². The highest BCUT2D eigenvalue weighted by atomic mass is 35.5. The molecule has 4 nitrogen and oxygen atoms in total. The molecule has 1 aromatic rings. The molecule has 1 atom stereocenters. The lowest BCUT2D eigenvalue weighted by molar-refractivity contribution is -0.140. The average molecular weight is 339 g/mol. The minimum Gasteiger partial charge on any atom is -0.481 e. The number of ketones is 1. The first-order valence-electron chi connectivity index (χ1n) is 6.49. The topological polar surface area (TPSA) is 63.6 Å². The second kappa shape index (κ2) is 8.14. The van der Waals surface area contributed by atoms with Crippen LogP contribution >= 0.6 is 11.6 Å². The summed E-state index contributed by atoms with van der Waals surface area (Å²) in [6.07, 6.45) is 0.125. The molecular weight excluding hydrogens is 325 g/mol. The molecule has 122 valence electrons. The third-order valence-electron chi connectivity index (χ3n) is 2.97. The number of carbonyl (C=O) groups is 2. The maximum absolute atomic E-state index is 13.8. The van der Waals surface area contributed by atoms with E-state index in [1.165, 1.54) is 0 Å². The Kier molecular flexibility index (Phi) is 6.83. The second-order valence-electron chi connectivity index (χ2n) is 4.44. The Balaban J connectivity index is 3.02. The van der Waals surface area contributed by atoms with E-state index in [1.807, 2.05) is 0 Å². The smallest absolute Gasteiger partial charge is 0.314 e. The number of carboxylic acid groups (broad SMARTS) is 1. The molecule has 0 aromatic heterocycles. The van der Waals surface area contributed by atoms with Crippen LogP contribution in [0.4, 0.5) is 13.2 Å². The molecule has 1 N–H and O–H groups in total. The minimum absolute atomic E-state index is 0.121. The van der Waals surface area contributed by atoms with E-state index in [1.54, 1.807) is 6.92 Å². The minimum atomic E-state index is -1.63. The van der Waals surface area contributed by atoms with Gasteiger partial charge >= 0.3 is 5.97 Å². The van der Waals surface area contributed by atoms with E-state index in [2.05, 4.69) is 0 Å². The van der Waals surface area contributed by atoms with E-state index in [0.29, 0.717) is 12.7 Å². The quantitative estimate of drug-likeness (QED) is 0.259. The zero-order chi connectivity index (χ0) is 16.9. The normalized spacial score (nSPS) is 12.2. The second-order valence-corrected chi connectivity index (χ2v) is 4.82. The van der Waals surface area contributed by atoms with Gasteiger partial charge in [0.1, 0.15) is 10.9 Å². The number of aliphatic carboxylic acids is 1. The highest BCUT2D eigenvalue weighted by Crippen LogP contribution is 2.27. The summed E-state index contributed by atoms with van der Waals surface area (Å²) in [4.78, 5) is 23.2. The van der Waals surface area contributed by atoms with Crippen molar-refractivity contribution in [1.29, 1.82) is 0 Å². The number of carbonyl (C=O) groups excluding carboxylic acids is 1. The predicted octanol–water partition coefficient (Wildman–Crippen LogP) is 3.46. The van der Waals surface area contributed by atoms with E-state index in [0.717, 1.165) is 0 Å². The van der Waals surface area contributed by atoms with Gasteiger partial charge in [-0.2, -0.15) is 0 Å². The van der Waals surface area contributed by atoms with Crippen LogP contribution in [0.3, 0.4) is 0 Å². The highest BCUT2D eigenvalue weighted by molar-refractivity contribution is 6.31. The Morgan fingerprint density at radius 3 is 2.50 bits per heavy atom. The van der Waals surface area contributed by atoms with Gasteiger partial charge in [0.2, 0.25) is 0 Å². The molecule has 0 aliphatic rings. The first-order valence-corrected chi connectivity index (χ1v) is 6.86. The lowest BCUT2D eigenvalue weighted by Crippen LogP contribution is -2.25. The third kappa shape index (κ3) is 4.20. The van der Waals surface area contributed by atoms with E-state index in [9.17, 15) is 22.8 Å². The summed E-state index contributed by atoms with van der Waals surface area (Å²) in [5.41, 5.74) is -0.882. The lowest BCUT2D eigenvalue weighted by Gasteiger charge is -2.13. The Morgan fingerprint density at radius 2 is 1.95 bits per heavy atom. The van der Waals surface area contributed by atoms with Crippen molar-refractivity contribution in [2.45, 2.75) is 19.8 Å².